The Morgan fingerprint density at radius 2 is 2.05 bits per heavy atom. The molecule has 1 N–H and O–H groups in total. The van der Waals surface area contributed by atoms with E-state index in [1.165, 1.54) is 0 Å². The average molecular weight is 270 g/mol. The summed E-state index contributed by atoms with van der Waals surface area (Å²) >= 11 is 0. The highest BCUT2D eigenvalue weighted by atomic mass is 16.5. The maximum atomic E-state index is 12.1. The van der Waals surface area contributed by atoms with Crippen LogP contribution in [0.2, 0.25) is 0 Å². The molecule has 0 amide bonds. The van der Waals surface area contributed by atoms with Crippen molar-refractivity contribution in [1.82, 2.24) is 9.97 Å². The molecular weight excluding hydrogens is 252 g/mol. The van der Waals surface area contributed by atoms with E-state index in [-0.39, 0.29) is 5.56 Å². The molecule has 4 nitrogen and oxygen atoms in total. The van der Waals surface area contributed by atoms with Crippen LogP contribution >= 0.6 is 0 Å². The number of aromatic amines is 1. The molecule has 0 radical (unpaired) electrons. The monoisotopic (exact) mass is 270 g/mol. The second-order valence-corrected chi connectivity index (χ2v) is 5.38. The number of aryl methyl sites for hydroxylation is 1. The molecule has 0 saturated heterocycles. The minimum Gasteiger partial charge on any atom is -0.497 e. The van der Waals surface area contributed by atoms with E-state index in [2.05, 4.69) is 9.97 Å². The van der Waals surface area contributed by atoms with Crippen LogP contribution in [0.4, 0.5) is 0 Å². The molecule has 1 aliphatic carbocycles. The van der Waals surface area contributed by atoms with Crippen LogP contribution in [0.3, 0.4) is 0 Å². The zero-order valence-electron chi connectivity index (χ0n) is 12.0. The van der Waals surface area contributed by atoms with Crippen LogP contribution in [0.25, 0.3) is 11.3 Å². The quantitative estimate of drug-likeness (QED) is 0.933. The van der Waals surface area contributed by atoms with Crippen LogP contribution in [-0.2, 0) is 0 Å². The van der Waals surface area contributed by atoms with Crippen LogP contribution in [0, 0.1) is 13.8 Å². The Morgan fingerprint density at radius 1 is 1.30 bits per heavy atom. The van der Waals surface area contributed by atoms with Crippen molar-refractivity contribution < 1.29 is 4.74 Å². The van der Waals surface area contributed by atoms with Crippen molar-refractivity contribution in [3.63, 3.8) is 0 Å². The topological polar surface area (TPSA) is 55.0 Å². The molecule has 2 aromatic rings. The van der Waals surface area contributed by atoms with Gasteiger partial charge in [0.2, 0.25) is 0 Å². The lowest BCUT2D eigenvalue weighted by Crippen LogP contribution is -2.16. The van der Waals surface area contributed by atoms with Gasteiger partial charge in [0.05, 0.1) is 12.8 Å². The largest absolute Gasteiger partial charge is 0.497 e. The highest BCUT2D eigenvalue weighted by Gasteiger charge is 2.27. The number of nitrogens with one attached hydrogen (secondary N) is 1. The summed E-state index contributed by atoms with van der Waals surface area (Å²) in [5.41, 5.74) is 3.48. The summed E-state index contributed by atoms with van der Waals surface area (Å²) in [5.74, 6) is 2.07. The number of H-pyrrole nitrogens is 1. The molecule has 1 heterocycles. The Bertz CT molecular complexity index is 715. The Labute approximate surface area is 117 Å². The van der Waals surface area contributed by atoms with Gasteiger partial charge in [0.1, 0.15) is 11.6 Å². The first kappa shape index (κ1) is 12.9. The molecule has 0 spiro atoms. The van der Waals surface area contributed by atoms with Gasteiger partial charge < -0.3 is 9.72 Å². The Kier molecular flexibility index (Phi) is 3.08. The summed E-state index contributed by atoms with van der Waals surface area (Å²) in [5, 5.41) is 0. The first-order valence-electron chi connectivity index (χ1n) is 6.86. The van der Waals surface area contributed by atoms with Crippen molar-refractivity contribution >= 4 is 0 Å². The molecule has 104 valence electrons. The van der Waals surface area contributed by atoms with Gasteiger partial charge >= 0.3 is 0 Å². The van der Waals surface area contributed by atoms with E-state index in [1.54, 1.807) is 7.11 Å². The van der Waals surface area contributed by atoms with Gasteiger partial charge in [-0.3, -0.25) is 4.79 Å². The number of rotatable bonds is 3. The van der Waals surface area contributed by atoms with E-state index in [0.717, 1.165) is 41.2 Å². The van der Waals surface area contributed by atoms with Crippen LogP contribution in [0.15, 0.2) is 23.0 Å². The Balaban J connectivity index is 2.15. The van der Waals surface area contributed by atoms with E-state index in [1.807, 2.05) is 32.0 Å². The number of ether oxygens (including phenoxy) is 1. The number of hydrogen-bond donors (Lipinski definition) is 1. The van der Waals surface area contributed by atoms with E-state index in [0.29, 0.717) is 11.5 Å². The fourth-order valence-electron chi connectivity index (χ4n) is 2.39. The molecular formula is C16H18N2O2. The molecule has 20 heavy (non-hydrogen) atoms. The zero-order valence-corrected chi connectivity index (χ0v) is 12.0. The van der Waals surface area contributed by atoms with Crippen molar-refractivity contribution in [3.8, 4) is 17.0 Å². The lowest BCUT2D eigenvalue weighted by Gasteiger charge is -2.11. The van der Waals surface area contributed by atoms with Gasteiger partial charge in [0.15, 0.2) is 0 Å². The Morgan fingerprint density at radius 3 is 2.65 bits per heavy atom. The van der Waals surface area contributed by atoms with Gasteiger partial charge in [-0.2, -0.15) is 0 Å². The molecule has 0 atom stereocenters. The minimum absolute atomic E-state index is 0.0351. The zero-order chi connectivity index (χ0) is 14.3. The van der Waals surface area contributed by atoms with Crippen LogP contribution in [0.5, 0.6) is 5.75 Å². The predicted octanol–water partition coefficient (Wildman–Crippen LogP) is 2.94. The molecule has 1 fully saturated rings. The maximum Gasteiger partial charge on any atom is 0.254 e. The van der Waals surface area contributed by atoms with Crippen molar-refractivity contribution in [2.45, 2.75) is 32.6 Å². The molecule has 0 bridgehead atoms. The SMILES string of the molecule is COc1ccc(-c2nc(C3CC3)[nH]c(=O)c2C)c(C)c1. The fraction of sp³-hybridized carbons (Fsp3) is 0.375. The molecule has 3 rings (SSSR count). The Hall–Kier alpha value is -2.10. The second-order valence-electron chi connectivity index (χ2n) is 5.38. The summed E-state index contributed by atoms with van der Waals surface area (Å²) in [6.45, 7) is 3.83. The molecule has 0 unspecified atom stereocenters. The summed E-state index contributed by atoms with van der Waals surface area (Å²) in [7, 11) is 1.65. The smallest absolute Gasteiger partial charge is 0.254 e. The average Bonchev–Trinajstić information content (AvgIpc) is 3.26. The first-order valence-corrected chi connectivity index (χ1v) is 6.86. The van der Waals surface area contributed by atoms with E-state index >= 15 is 0 Å². The minimum atomic E-state index is -0.0351. The van der Waals surface area contributed by atoms with Gasteiger partial charge in [0.25, 0.3) is 5.56 Å². The van der Waals surface area contributed by atoms with Crippen molar-refractivity contribution in [1.29, 1.82) is 0 Å². The van der Waals surface area contributed by atoms with Gasteiger partial charge in [-0.15, -0.1) is 0 Å². The van der Waals surface area contributed by atoms with Gasteiger partial charge in [0, 0.05) is 17.0 Å². The lowest BCUT2D eigenvalue weighted by molar-refractivity contribution is 0.414. The second kappa shape index (κ2) is 4.78. The van der Waals surface area contributed by atoms with Gasteiger partial charge in [-0.1, -0.05) is 0 Å². The lowest BCUT2D eigenvalue weighted by atomic mass is 10.0. The van der Waals surface area contributed by atoms with E-state index < -0.39 is 0 Å². The summed E-state index contributed by atoms with van der Waals surface area (Å²) in [6.07, 6.45) is 2.24. The summed E-state index contributed by atoms with van der Waals surface area (Å²) in [6, 6.07) is 5.84. The number of benzene rings is 1. The normalized spacial score (nSPS) is 14.3. The van der Waals surface area contributed by atoms with Gasteiger partial charge in [-0.25, -0.2) is 4.98 Å². The van der Waals surface area contributed by atoms with Crippen LogP contribution < -0.4 is 10.3 Å². The molecule has 1 saturated carbocycles. The maximum absolute atomic E-state index is 12.1. The first-order chi connectivity index (χ1) is 9.60. The number of hydrogen-bond acceptors (Lipinski definition) is 3. The number of aromatic nitrogens is 2. The van der Waals surface area contributed by atoms with Crippen molar-refractivity contribution in [2.75, 3.05) is 7.11 Å². The van der Waals surface area contributed by atoms with Crippen molar-refractivity contribution in [3.05, 3.63) is 45.5 Å². The summed E-state index contributed by atoms with van der Waals surface area (Å²) < 4.78 is 5.22. The number of methoxy groups -OCH3 is 1. The molecule has 4 heteroatoms. The van der Waals surface area contributed by atoms with E-state index in [9.17, 15) is 4.79 Å². The van der Waals surface area contributed by atoms with E-state index in [4.69, 9.17) is 4.74 Å². The standard InChI is InChI=1S/C16H18N2O2/c1-9-8-12(20-3)6-7-13(9)14-10(2)16(19)18-15(17-14)11-4-5-11/h6-8,11H,4-5H2,1-3H3,(H,17,18,19). The molecule has 1 aromatic carbocycles. The molecule has 1 aromatic heterocycles. The van der Waals surface area contributed by atoms with Gasteiger partial charge in [-0.05, 0) is 50.5 Å². The third-order valence-electron chi connectivity index (χ3n) is 3.82. The fourth-order valence-corrected chi connectivity index (χ4v) is 2.39. The third-order valence-corrected chi connectivity index (χ3v) is 3.82. The highest BCUT2D eigenvalue weighted by molar-refractivity contribution is 5.67. The van der Waals surface area contributed by atoms with Crippen molar-refractivity contribution in [2.24, 2.45) is 0 Å². The molecule has 0 aliphatic heterocycles. The highest BCUT2D eigenvalue weighted by Crippen LogP contribution is 2.38. The van der Waals surface area contributed by atoms with Crippen LogP contribution in [-0.4, -0.2) is 17.1 Å². The number of nitrogens with zero attached hydrogens (tertiary/aromatic N) is 1. The molecule has 1 aliphatic rings. The van der Waals surface area contributed by atoms with Crippen LogP contribution in [0.1, 0.15) is 35.7 Å². The predicted molar refractivity (Wildman–Crippen MR) is 78.3 cm³/mol. The third kappa shape index (κ3) is 2.22. The summed E-state index contributed by atoms with van der Waals surface area (Å²) in [4.78, 5) is 19.7.